The Morgan fingerprint density at radius 3 is 2.57 bits per heavy atom. The maximum Gasteiger partial charge on any atom is 0.251 e. The number of carbonyl (C=O) groups is 1. The highest BCUT2D eigenvalue weighted by Crippen LogP contribution is 2.11. The third-order valence-corrected chi connectivity index (χ3v) is 3.18. The monoisotopic (exact) mass is 316 g/mol. The third kappa shape index (κ3) is 5.69. The largest absolute Gasteiger partial charge is 0.497 e. The number of aliphatic hydroxyl groups is 1. The first kappa shape index (κ1) is 16.9. The number of aromatic nitrogens is 1. The van der Waals surface area contributed by atoms with Crippen LogP contribution < -0.4 is 10.1 Å². The Labute approximate surface area is 135 Å². The normalized spacial score (nSPS) is 11.7. The first-order chi connectivity index (χ1) is 11.2. The van der Waals surface area contributed by atoms with Crippen molar-refractivity contribution in [2.24, 2.45) is 0 Å². The van der Waals surface area contributed by atoms with Crippen LogP contribution in [0.3, 0.4) is 0 Å². The Hall–Kier alpha value is -2.44. The zero-order chi connectivity index (χ0) is 16.5. The highest BCUT2D eigenvalue weighted by atomic mass is 16.5. The highest BCUT2D eigenvalue weighted by molar-refractivity contribution is 5.93. The fraction of sp³-hybridized carbons (Fsp3) is 0.294. The molecule has 6 nitrogen and oxygen atoms in total. The maximum absolute atomic E-state index is 11.8. The molecule has 122 valence electrons. The number of methoxy groups -OCH3 is 1. The van der Waals surface area contributed by atoms with Crippen LogP contribution in [0.2, 0.25) is 0 Å². The van der Waals surface area contributed by atoms with Crippen LogP contribution in [0.1, 0.15) is 15.9 Å². The lowest BCUT2D eigenvalue weighted by molar-refractivity contribution is 0.0285. The number of hydrogen-bond donors (Lipinski definition) is 2. The number of nitrogens with one attached hydrogen (secondary N) is 1. The molecule has 23 heavy (non-hydrogen) atoms. The van der Waals surface area contributed by atoms with E-state index in [0.29, 0.717) is 12.2 Å². The fourth-order valence-electron chi connectivity index (χ4n) is 1.91. The van der Waals surface area contributed by atoms with E-state index in [1.807, 2.05) is 24.3 Å². The molecule has 1 aromatic heterocycles. The van der Waals surface area contributed by atoms with Crippen LogP contribution in [-0.2, 0) is 11.3 Å². The molecule has 0 radical (unpaired) electrons. The Kier molecular flexibility index (Phi) is 6.53. The molecule has 0 saturated heterocycles. The van der Waals surface area contributed by atoms with Crippen molar-refractivity contribution in [1.82, 2.24) is 10.3 Å². The quantitative estimate of drug-likeness (QED) is 0.769. The van der Waals surface area contributed by atoms with Crippen molar-refractivity contribution < 1.29 is 19.4 Å². The van der Waals surface area contributed by atoms with Crippen molar-refractivity contribution in [2.75, 3.05) is 20.3 Å². The van der Waals surface area contributed by atoms with Gasteiger partial charge in [-0.3, -0.25) is 9.78 Å². The molecule has 0 aliphatic heterocycles. The van der Waals surface area contributed by atoms with Crippen molar-refractivity contribution in [3.8, 4) is 5.75 Å². The molecule has 0 saturated carbocycles. The summed E-state index contributed by atoms with van der Waals surface area (Å²) in [5.41, 5.74) is 1.49. The lowest BCUT2D eigenvalue weighted by Crippen LogP contribution is -2.34. The van der Waals surface area contributed by atoms with Crippen LogP contribution in [-0.4, -0.2) is 42.4 Å². The second-order valence-corrected chi connectivity index (χ2v) is 4.96. The SMILES string of the molecule is COc1ccc(COC[C@@H](O)CNC(=O)c2ccncc2)cc1. The average Bonchev–Trinajstić information content (AvgIpc) is 2.61. The molecule has 0 aliphatic carbocycles. The Morgan fingerprint density at radius 2 is 1.91 bits per heavy atom. The number of ether oxygens (including phenoxy) is 2. The number of amides is 1. The first-order valence-corrected chi connectivity index (χ1v) is 7.26. The zero-order valence-electron chi connectivity index (χ0n) is 12.9. The summed E-state index contributed by atoms with van der Waals surface area (Å²) < 4.78 is 10.5. The Morgan fingerprint density at radius 1 is 1.22 bits per heavy atom. The zero-order valence-corrected chi connectivity index (χ0v) is 12.9. The van der Waals surface area contributed by atoms with Crippen LogP contribution in [0.5, 0.6) is 5.75 Å². The van der Waals surface area contributed by atoms with E-state index in [1.165, 1.54) is 0 Å². The van der Waals surface area contributed by atoms with Gasteiger partial charge in [0.05, 0.1) is 26.4 Å². The third-order valence-electron chi connectivity index (χ3n) is 3.18. The minimum atomic E-state index is -0.765. The summed E-state index contributed by atoms with van der Waals surface area (Å²) in [5, 5.41) is 12.5. The fourth-order valence-corrected chi connectivity index (χ4v) is 1.91. The highest BCUT2D eigenvalue weighted by Gasteiger charge is 2.09. The second kappa shape index (κ2) is 8.87. The van der Waals surface area contributed by atoms with Gasteiger partial charge >= 0.3 is 0 Å². The number of pyridine rings is 1. The maximum atomic E-state index is 11.8. The van der Waals surface area contributed by atoms with Gasteiger partial charge in [-0.05, 0) is 29.8 Å². The molecule has 0 aliphatic rings. The number of benzene rings is 1. The average molecular weight is 316 g/mol. The van der Waals surface area contributed by atoms with E-state index >= 15 is 0 Å². The van der Waals surface area contributed by atoms with E-state index in [9.17, 15) is 9.90 Å². The summed E-state index contributed by atoms with van der Waals surface area (Å²) in [6, 6.07) is 10.7. The molecule has 1 amide bonds. The van der Waals surface area contributed by atoms with Crippen LogP contribution >= 0.6 is 0 Å². The van der Waals surface area contributed by atoms with E-state index in [2.05, 4.69) is 10.3 Å². The van der Waals surface area contributed by atoms with E-state index in [1.54, 1.807) is 31.6 Å². The van der Waals surface area contributed by atoms with Gasteiger partial charge in [0, 0.05) is 24.5 Å². The minimum absolute atomic E-state index is 0.129. The molecule has 6 heteroatoms. The predicted octanol–water partition coefficient (Wildman–Crippen LogP) is 1.40. The van der Waals surface area contributed by atoms with Gasteiger partial charge in [-0.25, -0.2) is 0 Å². The molecular weight excluding hydrogens is 296 g/mol. The first-order valence-electron chi connectivity index (χ1n) is 7.26. The van der Waals surface area contributed by atoms with Crippen molar-refractivity contribution in [2.45, 2.75) is 12.7 Å². The van der Waals surface area contributed by atoms with Crippen molar-refractivity contribution in [1.29, 1.82) is 0 Å². The van der Waals surface area contributed by atoms with Crippen molar-refractivity contribution in [3.05, 3.63) is 59.9 Å². The standard InChI is InChI=1S/C17H20N2O4/c1-22-16-4-2-13(3-5-16)11-23-12-15(20)10-19-17(21)14-6-8-18-9-7-14/h2-9,15,20H,10-12H2,1H3,(H,19,21)/t15-/m0/s1. The molecule has 1 heterocycles. The molecule has 0 bridgehead atoms. The molecule has 2 N–H and O–H groups in total. The van der Waals surface area contributed by atoms with Crippen LogP contribution in [0.15, 0.2) is 48.8 Å². The Bertz CT molecular complexity index is 602. The smallest absolute Gasteiger partial charge is 0.251 e. The van der Waals surface area contributed by atoms with Gasteiger partial charge in [-0.15, -0.1) is 0 Å². The van der Waals surface area contributed by atoms with Crippen molar-refractivity contribution in [3.63, 3.8) is 0 Å². The van der Waals surface area contributed by atoms with E-state index < -0.39 is 6.10 Å². The van der Waals surface area contributed by atoms with Gasteiger partial charge in [0.15, 0.2) is 0 Å². The predicted molar refractivity (Wildman–Crippen MR) is 85.2 cm³/mol. The van der Waals surface area contributed by atoms with E-state index in [-0.39, 0.29) is 19.1 Å². The number of aliphatic hydroxyl groups excluding tert-OH is 1. The number of nitrogens with zero attached hydrogens (tertiary/aromatic N) is 1. The van der Waals surface area contributed by atoms with Crippen LogP contribution in [0.4, 0.5) is 0 Å². The summed E-state index contributed by atoms with van der Waals surface area (Å²) in [4.78, 5) is 15.6. The summed E-state index contributed by atoms with van der Waals surface area (Å²) in [6.07, 6.45) is 2.33. The van der Waals surface area contributed by atoms with Crippen LogP contribution in [0, 0.1) is 0 Å². The number of rotatable bonds is 8. The molecule has 1 atom stereocenters. The van der Waals surface area contributed by atoms with Gasteiger partial charge in [-0.1, -0.05) is 12.1 Å². The van der Waals surface area contributed by atoms with E-state index in [4.69, 9.17) is 9.47 Å². The van der Waals surface area contributed by atoms with Crippen molar-refractivity contribution >= 4 is 5.91 Å². The molecule has 0 unspecified atom stereocenters. The summed E-state index contributed by atoms with van der Waals surface area (Å²) in [7, 11) is 1.61. The second-order valence-electron chi connectivity index (χ2n) is 4.96. The topological polar surface area (TPSA) is 80.7 Å². The molecular formula is C17H20N2O4. The van der Waals surface area contributed by atoms with Gasteiger partial charge in [0.2, 0.25) is 0 Å². The molecule has 1 aromatic carbocycles. The molecule has 0 spiro atoms. The summed E-state index contributed by atoms with van der Waals surface area (Å²) in [6.45, 7) is 0.659. The molecule has 2 rings (SSSR count). The molecule has 0 fully saturated rings. The van der Waals surface area contributed by atoms with Gasteiger partial charge < -0.3 is 19.9 Å². The summed E-state index contributed by atoms with van der Waals surface area (Å²) in [5.74, 6) is 0.536. The number of hydrogen-bond acceptors (Lipinski definition) is 5. The minimum Gasteiger partial charge on any atom is -0.497 e. The number of carbonyl (C=O) groups excluding carboxylic acids is 1. The molecule has 2 aromatic rings. The van der Waals surface area contributed by atoms with E-state index in [0.717, 1.165) is 11.3 Å². The lowest BCUT2D eigenvalue weighted by Gasteiger charge is -2.12. The lowest BCUT2D eigenvalue weighted by atomic mass is 10.2. The summed E-state index contributed by atoms with van der Waals surface area (Å²) >= 11 is 0. The van der Waals surface area contributed by atoms with Gasteiger partial charge in [0.1, 0.15) is 5.75 Å². The van der Waals surface area contributed by atoms with Crippen LogP contribution in [0.25, 0.3) is 0 Å². The Balaban J connectivity index is 1.66. The van der Waals surface area contributed by atoms with Gasteiger partial charge in [-0.2, -0.15) is 0 Å². The van der Waals surface area contributed by atoms with Gasteiger partial charge in [0.25, 0.3) is 5.91 Å².